The Balaban J connectivity index is 1.47. The van der Waals surface area contributed by atoms with Crippen molar-refractivity contribution in [2.75, 3.05) is 26.4 Å². The summed E-state index contributed by atoms with van der Waals surface area (Å²) in [5, 5.41) is 120. The molecule has 0 aromatic rings. The van der Waals surface area contributed by atoms with Crippen LogP contribution in [0.3, 0.4) is 0 Å². The first-order valence-electron chi connectivity index (χ1n) is 35.0. The van der Waals surface area contributed by atoms with Crippen molar-refractivity contribution in [3.63, 3.8) is 0 Å². The largest absolute Gasteiger partial charge is 0.394 e. The van der Waals surface area contributed by atoms with E-state index >= 15 is 0 Å². The van der Waals surface area contributed by atoms with E-state index in [0.717, 1.165) is 70.6 Å². The average molecular weight is 1290 g/mol. The minimum atomic E-state index is -1.99. The highest BCUT2D eigenvalue weighted by Gasteiger charge is 2.53. The summed E-state index contributed by atoms with van der Waals surface area (Å²) in [6.45, 7) is 1.57. The fourth-order valence-electron chi connectivity index (χ4n) is 11.2. The second kappa shape index (κ2) is 52.9. The van der Waals surface area contributed by atoms with Gasteiger partial charge in [-0.15, -0.1) is 0 Å². The van der Waals surface area contributed by atoms with Crippen LogP contribution in [0.4, 0.5) is 0 Å². The van der Waals surface area contributed by atoms with E-state index in [1.807, 2.05) is 6.08 Å². The summed E-state index contributed by atoms with van der Waals surface area (Å²) in [5.41, 5.74) is 0. The number of allylic oxidation sites excluding steroid dienone is 15. The highest BCUT2D eigenvalue weighted by atomic mass is 16.8. The Morgan fingerprint density at radius 2 is 0.769 bits per heavy atom. The van der Waals surface area contributed by atoms with Gasteiger partial charge in [-0.25, -0.2) is 0 Å². The lowest BCUT2D eigenvalue weighted by atomic mass is 9.96. The number of carbonyl (C=O) groups is 1. The lowest BCUT2D eigenvalue weighted by Gasteiger charge is -2.48. The lowest BCUT2D eigenvalue weighted by Crippen LogP contribution is -2.66. The van der Waals surface area contributed by atoms with E-state index in [-0.39, 0.29) is 12.3 Å². The first kappa shape index (κ1) is 81.9. The van der Waals surface area contributed by atoms with Crippen LogP contribution in [0.5, 0.6) is 0 Å². The number of hydrogen-bond acceptors (Lipinski definition) is 18. The molecule has 1 amide bonds. The van der Waals surface area contributed by atoms with Crippen LogP contribution in [0.1, 0.15) is 219 Å². The fourth-order valence-corrected chi connectivity index (χ4v) is 11.2. The summed E-state index contributed by atoms with van der Waals surface area (Å²) in [4.78, 5) is 13.4. The van der Waals surface area contributed by atoms with Gasteiger partial charge < -0.3 is 89.9 Å². The van der Waals surface area contributed by atoms with Gasteiger partial charge in [0.1, 0.15) is 73.2 Å². The zero-order valence-corrected chi connectivity index (χ0v) is 55.3. The topological polar surface area (TPSA) is 307 Å². The standard InChI is InChI=1S/C72H123NO18/c1-3-5-7-9-11-13-15-17-19-21-23-25-26-27-28-30-31-33-35-37-39-41-43-45-47-49-56(77)55(73-60(78)50-48-46-44-42-40-38-36-34-32-29-24-22-20-18-16-14-12-10-8-6-4-2)54-86-70-66(84)63(81)68(58(52-75)88-70)91-72-67(85)64(82)69(59(53-76)89-72)90-71-65(83)62(80)61(79)57(51-74)87-71/h6,8,12,14,18,20,24,29,34,36,39-42,47,49,55-59,61-72,74-77,79-85H,3-5,7,9-11,13,15-17,19,21-23,25-28,30-33,35,37-38,43-46,48,50-54H2,1-2H3,(H,73,78)/b8-6-,14-12-,20-18-,29-24-,36-34-,41-39+,42-40-,49-47+. The van der Waals surface area contributed by atoms with Gasteiger partial charge in [-0.05, 0) is 83.5 Å². The summed E-state index contributed by atoms with van der Waals surface area (Å²) >= 11 is 0. The lowest BCUT2D eigenvalue weighted by molar-refractivity contribution is -0.379. The fraction of sp³-hybridized carbons (Fsp3) is 0.764. The monoisotopic (exact) mass is 1290 g/mol. The molecule has 12 N–H and O–H groups in total. The molecule has 19 heteroatoms. The molecular formula is C72H123NO18. The van der Waals surface area contributed by atoms with Crippen molar-refractivity contribution in [2.45, 2.75) is 324 Å². The first-order chi connectivity index (χ1) is 44.3. The smallest absolute Gasteiger partial charge is 0.220 e. The van der Waals surface area contributed by atoms with Gasteiger partial charge in [-0.2, -0.15) is 0 Å². The molecule has 0 saturated carbocycles. The Labute approximate surface area is 545 Å². The van der Waals surface area contributed by atoms with Crippen molar-refractivity contribution in [3.8, 4) is 0 Å². The van der Waals surface area contributed by atoms with Crippen LogP contribution in [0.2, 0.25) is 0 Å². The molecule has 3 fully saturated rings. The number of amides is 1. The van der Waals surface area contributed by atoms with E-state index in [4.69, 9.17) is 28.4 Å². The van der Waals surface area contributed by atoms with Crippen LogP contribution >= 0.6 is 0 Å². The van der Waals surface area contributed by atoms with Crippen molar-refractivity contribution >= 4 is 5.91 Å². The van der Waals surface area contributed by atoms with Crippen molar-refractivity contribution < 1.29 is 89.4 Å². The van der Waals surface area contributed by atoms with Gasteiger partial charge >= 0.3 is 0 Å². The quantitative estimate of drug-likeness (QED) is 0.0199. The molecule has 0 bridgehead atoms. The summed E-state index contributed by atoms with van der Waals surface area (Å²) in [5.74, 6) is -0.330. The molecule has 524 valence electrons. The molecule has 0 aromatic heterocycles. The molecule has 17 unspecified atom stereocenters. The van der Waals surface area contributed by atoms with Crippen LogP contribution in [0, 0.1) is 0 Å². The molecule has 3 aliphatic heterocycles. The van der Waals surface area contributed by atoms with E-state index in [9.17, 15) is 61.0 Å². The maximum atomic E-state index is 13.4. The normalized spacial score (nSPS) is 28.5. The maximum Gasteiger partial charge on any atom is 0.220 e. The summed E-state index contributed by atoms with van der Waals surface area (Å²) in [6, 6.07) is -1.02. The Morgan fingerprint density at radius 3 is 1.23 bits per heavy atom. The van der Waals surface area contributed by atoms with Gasteiger partial charge in [0.05, 0.1) is 38.6 Å². The molecule has 3 aliphatic rings. The number of hydrogen-bond donors (Lipinski definition) is 12. The van der Waals surface area contributed by atoms with Gasteiger partial charge in [-0.1, -0.05) is 227 Å². The van der Waals surface area contributed by atoms with E-state index in [0.29, 0.717) is 12.8 Å². The molecule has 0 spiro atoms. The second-order valence-corrected chi connectivity index (χ2v) is 24.6. The van der Waals surface area contributed by atoms with Crippen molar-refractivity contribution in [1.29, 1.82) is 0 Å². The highest BCUT2D eigenvalue weighted by molar-refractivity contribution is 5.76. The van der Waals surface area contributed by atoms with Crippen LogP contribution < -0.4 is 5.32 Å². The molecule has 3 saturated heterocycles. The Morgan fingerprint density at radius 1 is 0.407 bits per heavy atom. The summed E-state index contributed by atoms with van der Waals surface area (Å²) in [6.07, 6.45) is 42.5. The number of aliphatic hydroxyl groups excluding tert-OH is 11. The van der Waals surface area contributed by atoms with Crippen molar-refractivity contribution in [1.82, 2.24) is 5.32 Å². The molecule has 0 aromatic carbocycles. The zero-order chi connectivity index (χ0) is 66.1. The number of nitrogens with one attached hydrogen (secondary N) is 1. The third-order valence-electron chi connectivity index (χ3n) is 16.9. The number of carbonyl (C=O) groups excluding carboxylic acids is 1. The maximum absolute atomic E-state index is 13.4. The SMILES string of the molecule is CC/C=C\C/C=C\C/C=C\C/C=C\C/C=C\C/C=C\CCCCC(=O)NC(COC1OC(CO)C(OC2OC(CO)C(OC3OC(CO)C(O)C(O)C3O)C(O)C2O)C(O)C1O)C(O)/C=C/CC/C=C/CCCCCCCCCCCCCCCCCCCCC. The highest BCUT2D eigenvalue weighted by Crippen LogP contribution is 2.33. The van der Waals surface area contributed by atoms with Gasteiger partial charge in [0, 0.05) is 6.42 Å². The molecule has 91 heavy (non-hydrogen) atoms. The Bertz CT molecular complexity index is 2030. The molecule has 0 radical (unpaired) electrons. The summed E-state index contributed by atoms with van der Waals surface area (Å²) in [7, 11) is 0. The number of ether oxygens (including phenoxy) is 6. The van der Waals surface area contributed by atoms with E-state index < -0.39 is 131 Å². The second-order valence-electron chi connectivity index (χ2n) is 24.6. The zero-order valence-electron chi connectivity index (χ0n) is 55.3. The van der Waals surface area contributed by atoms with Crippen LogP contribution in [-0.2, 0) is 33.2 Å². The molecule has 0 aliphatic carbocycles. The molecular weight excluding hydrogens is 1170 g/mol. The predicted octanol–water partition coefficient (Wildman–Crippen LogP) is 9.27. The van der Waals surface area contributed by atoms with Crippen molar-refractivity contribution in [3.05, 3.63) is 97.2 Å². The van der Waals surface area contributed by atoms with E-state index in [1.165, 1.54) is 116 Å². The van der Waals surface area contributed by atoms with E-state index in [1.54, 1.807) is 6.08 Å². The van der Waals surface area contributed by atoms with Gasteiger partial charge in [0.2, 0.25) is 5.91 Å². The van der Waals surface area contributed by atoms with Crippen LogP contribution in [0.25, 0.3) is 0 Å². The summed E-state index contributed by atoms with van der Waals surface area (Å²) < 4.78 is 34.3. The van der Waals surface area contributed by atoms with Gasteiger partial charge in [0.15, 0.2) is 18.9 Å². The third-order valence-corrected chi connectivity index (χ3v) is 16.9. The number of aliphatic hydroxyl groups is 11. The van der Waals surface area contributed by atoms with Crippen LogP contribution in [0.15, 0.2) is 97.2 Å². The van der Waals surface area contributed by atoms with Crippen LogP contribution in [-0.4, -0.2) is 193 Å². The Hall–Kier alpha value is -3.29. The minimum absolute atomic E-state index is 0.175. The molecule has 17 atom stereocenters. The Kier molecular flexibility index (Phi) is 47.7. The molecule has 3 rings (SSSR count). The van der Waals surface area contributed by atoms with Gasteiger partial charge in [-0.3, -0.25) is 4.79 Å². The van der Waals surface area contributed by atoms with E-state index in [2.05, 4.69) is 104 Å². The predicted molar refractivity (Wildman–Crippen MR) is 355 cm³/mol. The average Bonchev–Trinajstić information content (AvgIpc) is 0.883. The number of unbranched alkanes of at least 4 members (excludes halogenated alkanes) is 22. The molecule has 19 nitrogen and oxygen atoms in total. The third kappa shape index (κ3) is 34.8. The molecule has 3 heterocycles. The number of rotatable bonds is 52. The van der Waals surface area contributed by atoms with Crippen molar-refractivity contribution in [2.24, 2.45) is 0 Å². The first-order valence-corrected chi connectivity index (χ1v) is 35.0. The van der Waals surface area contributed by atoms with Gasteiger partial charge in [0.25, 0.3) is 0 Å². The minimum Gasteiger partial charge on any atom is -0.394 e.